The number of carbonyl (C=O) groups excluding carboxylic acids is 1. The molecule has 0 spiro atoms. The quantitative estimate of drug-likeness (QED) is 0.257. The Labute approximate surface area is 244 Å². The third kappa shape index (κ3) is 8.15. The number of carbonyl (C=O) groups is 2. The second-order valence-corrected chi connectivity index (χ2v) is 11.6. The summed E-state index contributed by atoms with van der Waals surface area (Å²) in [5, 5.41) is 12.7. The van der Waals surface area contributed by atoms with Crippen molar-refractivity contribution < 1.29 is 28.9 Å². The van der Waals surface area contributed by atoms with Crippen LogP contribution in [0.25, 0.3) is 0 Å². The van der Waals surface area contributed by atoms with E-state index in [4.69, 9.17) is 19.3 Å². The first kappa shape index (κ1) is 30.7. The Balaban J connectivity index is 1.47. The summed E-state index contributed by atoms with van der Waals surface area (Å²) < 4.78 is 18.4. The van der Waals surface area contributed by atoms with Crippen molar-refractivity contribution in [2.75, 3.05) is 32.1 Å². The first-order valence-corrected chi connectivity index (χ1v) is 15.2. The second kappa shape index (κ2) is 14.6. The standard InChI is InChI=1S/C33H46N2O6/c1-5-6-7-8-22(2)31(34-25-11-9-24(10-12-25)33(38)35(4)18-15-30(36)37)32-23(3)28-21-27(13-14-29(28)41-32)40-26-16-19-39-20-17-26/h9-14,21-23,26,31-32,34H,5-8,15-20H2,1-4H3,(H,36,37). The molecule has 0 bridgehead atoms. The van der Waals surface area contributed by atoms with Crippen molar-refractivity contribution in [2.24, 2.45) is 5.92 Å². The van der Waals surface area contributed by atoms with Gasteiger partial charge in [0, 0.05) is 49.2 Å². The van der Waals surface area contributed by atoms with Gasteiger partial charge in [-0.3, -0.25) is 9.59 Å². The van der Waals surface area contributed by atoms with E-state index < -0.39 is 5.97 Å². The zero-order valence-electron chi connectivity index (χ0n) is 24.9. The van der Waals surface area contributed by atoms with Gasteiger partial charge in [0.1, 0.15) is 23.7 Å². The van der Waals surface area contributed by atoms with Gasteiger partial charge in [0.05, 0.1) is 25.7 Å². The molecule has 1 amide bonds. The monoisotopic (exact) mass is 566 g/mol. The Kier molecular flexibility index (Phi) is 10.9. The fraction of sp³-hybridized carbons (Fsp3) is 0.576. The van der Waals surface area contributed by atoms with E-state index in [1.54, 1.807) is 19.2 Å². The zero-order chi connectivity index (χ0) is 29.4. The molecule has 2 aromatic carbocycles. The fourth-order valence-corrected chi connectivity index (χ4v) is 5.79. The molecule has 8 heteroatoms. The van der Waals surface area contributed by atoms with Crippen LogP contribution in [-0.4, -0.2) is 66.9 Å². The number of hydrogen-bond acceptors (Lipinski definition) is 6. The van der Waals surface area contributed by atoms with Gasteiger partial charge in [-0.1, -0.05) is 40.0 Å². The number of anilines is 1. The predicted molar refractivity (Wildman–Crippen MR) is 160 cm³/mol. The third-order valence-corrected chi connectivity index (χ3v) is 8.40. The first-order chi connectivity index (χ1) is 19.8. The van der Waals surface area contributed by atoms with Crippen LogP contribution in [0, 0.1) is 5.92 Å². The highest BCUT2D eigenvalue weighted by atomic mass is 16.5. The number of unbranched alkanes of at least 4 members (excludes halogenated alkanes) is 2. The molecule has 4 rings (SSSR count). The number of hydrogen-bond donors (Lipinski definition) is 2. The lowest BCUT2D eigenvalue weighted by molar-refractivity contribution is -0.137. The van der Waals surface area contributed by atoms with Crippen molar-refractivity contribution in [3.63, 3.8) is 0 Å². The molecule has 0 radical (unpaired) electrons. The molecule has 41 heavy (non-hydrogen) atoms. The number of fused-ring (bicyclic) bond motifs is 1. The van der Waals surface area contributed by atoms with Crippen LogP contribution < -0.4 is 14.8 Å². The zero-order valence-corrected chi connectivity index (χ0v) is 24.9. The average molecular weight is 567 g/mol. The predicted octanol–water partition coefficient (Wildman–Crippen LogP) is 6.35. The van der Waals surface area contributed by atoms with E-state index in [2.05, 4.69) is 32.2 Å². The Morgan fingerprint density at radius 2 is 1.85 bits per heavy atom. The van der Waals surface area contributed by atoms with Crippen LogP contribution >= 0.6 is 0 Å². The van der Waals surface area contributed by atoms with Crippen LogP contribution in [0.5, 0.6) is 11.5 Å². The molecule has 0 aliphatic carbocycles. The molecule has 1 fully saturated rings. The van der Waals surface area contributed by atoms with Gasteiger partial charge in [-0.25, -0.2) is 0 Å². The van der Waals surface area contributed by atoms with Crippen molar-refractivity contribution in [2.45, 2.75) is 89.9 Å². The molecule has 4 atom stereocenters. The highest BCUT2D eigenvalue weighted by Gasteiger charge is 2.39. The number of aliphatic carboxylic acids is 1. The number of nitrogens with zero attached hydrogens (tertiary/aromatic N) is 1. The van der Waals surface area contributed by atoms with E-state index in [0.717, 1.165) is 49.7 Å². The molecule has 0 saturated carbocycles. The smallest absolute Gasteiger partial charge is 0.305 e. The lowest BCUT2D eigenvalue weighted by atomic mass is 9.84. The highest BCUT2D eigenvalue weighted by molar-refractivity contribution is 5.94. The number of amides is 1. The Hall–Kier alpha value is -3.26. The number of nitrogens with one attached hydrogen (secondary N) is 1. The highest BCUT2D eigenvalue weighted by Crippen LogP contribution is 2.43. The molecule has 2 heterocycles. The van der Waals surface area contributed by atoms with E-state index in [1.807, 2.05) is 24.3 Å². The van der Waals surface area contributed by atoms with Crippen LogP contribution in [0.2, 0.25) is 0 Å². The summed E-state index contributed by atoms with van der Waals surface area (Å²) >= 11 is 0. The molecule has 0 aromatic heterocycles. The Morgan fingerprint density at radius 1 is 1.12 bits per heavy atom. The lowest BCUT2D eigenvalue weighted by Gasteiger charge is -2.33. The number of ether oxygens (including phenoxy) is 3. The van der Waals surface area contributed by atoms with Crippen molar-refractivity contribution in [1.29, 1.82) is 0 Å². The van der Waals surface area contributed by atoms with E-state index in [0.29, 0.717) is 11.5 Å². The third-order valence-electron chi connectivity index (χ3n) is 8.40. The van der Waals surface area contributed by atoms with Crippen molar-refractivity contribution in [1.82, 2.24) is 4.90 Å². The largest absolute Gasteiger partial charge is 0.490 e. The molecule has 224 valence electrons. The summed E-state index contributed by atoms with van der Waals surface area (Å²) in [6.07, 6.45) is 6.53. The minimum absolute atomic E-state index is 0.0524. The van der Waals surface area contributed by atoms with E-state index in [1.165, 1.54) is 29.7 Å². The average Bonchev–Trinajstić information content (AvgIpc) is 3.30. The molecule has 2 N–H and O–H groups in total. The van der Waals surface area contributed by atoms with Gasteiger partial charge >= 0.3 is 5.97 Å². The number of carboxylic acid groups (broad SMARTS) is 1. The maximum atomic E-state index is 12.8. The van der Waals surface area contributed by atoms with Gasteiger partial charge in [-0.2, -0.15) is 0 Å². The summed E-state index contributed by atoms with van der Waals surface area (Å²) in [6, 6.07) is 13.7. The van der Waals surface area contributed by atoms with Crippen LogP contribution in [-0.2, 0) is 9.53 Å². The van der Waals surface area contributed by atoms with Crippen LogP contribution in [0.4, 0.5) is 5.69 Å². The molecule has 4 unspecified atom stereocenters. The van der Waals surface area contributed by atoms with Gasteiger partial charge in [0.25, 0.3) is 5.91 Å². The molecule has 8 nitrogen and oxygen atoms in total. The first-order valence-electron chi connectivity index (χ1n) is 15.2. The normalized spacial score (nSPS) is 20.0. The van der Waals surface area contributed by atoms with Gasteiger partial charge in [0.15, 0.2) is 0 Å². The molecule has 2 aliphatic heterocycles. The van der Waals surface area contributed by atoms with E-state index in [-0.39, 0.29) is 43.0 Å². The summed E-state index contributed by atoms with van der Waals surface area (Å²) in [5.41, 5.74) is 2.64. The lowest BCUT2D eigenvalue weighted by Crippen LogP contribution is -2.43. The van der Waals surface area contributed by atoms with Crippen LogP contribution in [0.15, 0.2) is 42.5 Å². The van der Waals surface area contributed by atoms with Crippen molar-refractivity contribution in [3.8, 4) is 11.5 Å². The van der Waals surface area contributed by atoms with Gasteiger partial charge in [0.2, 0.25) is 0 Å². The maximum Gasteiger partial charge on any atom is 0.305 e. The van der Waals surface area contributed by atoms with Crippen LogP contribution in [0.1, 0.15) is 87.6 Å². The summed E-state index contributed by atoms with van der Waals surface area (Å²) in [5.74, 6) is 1.24. The molecule has 2 aliphatic rings. The Morgan fingerprint density at radius 3 is 2.54 bits per heavy atom. The number of carboxylic acids is 1. The Bertz CT molecular complexity index is 1150. The summed E-state index contributed by atoms with van der Waals surface area (Å²) in [4.78, 5) is 25.1. The van der Waals surface area contributed by atoms with E-state index >= 15 is 0 Å². The fourth-order valence-electron chi connectivity index (χ4n) is 5.79. The summed E-state index contributed by atoms with van der Waals surface area (Å²) in [7, 11) is 1.63. The maximum absolute atomic E-state index is 12.8. The number of benzene rings is 2. The van der Waals surface area contributed by atoms with Crippen LogP contribution in [0.3, 0.4) is 0 Å². The van der Waals surface area contributed by atoms with E-state index in [9.17, 15) is 9.59 Å². The molecular formula is C33H46N2O6. The topological polar surface area (TPSA) is 97.3 Å². The van der Waals surface area contributed by atoms with Crippen molar-refractivity contribution in [3.05, 3.63) is 53.6 Å². The van der Waals surface area contributed by atoms with Gasteiger partial charge in [-0.15, -0.1) is 0 Å². The van der Waals surface area contributed by atoms with Crippen molar-refractivity contribution >= 4 is 17.6 Å². The van der Waals surface area contributed by atoms with Gasteiger partial charge in [-0.05, 0) is 54.8 Å². The summed E-state index contributed by atoms with van der Waals surface area (Å²) in [6.45, 7) is 8.41. The molecular weight excluding hydrogens is 520 g/mol. The minimum atomic E-state index is -0.920. The van der Waals surface area contributed by atoms with Gasteiger partial charge < -0.3 is 29.5 Å². The minimum Gasteiger partial charge on any atom is -0.490 e. The SMILES string of the molecule is CCCCCC(C)C(Nc1ccc(C(=O)N(C)CCC(=O)O)cc1)C1Oc2ccc(OC3CCOCC3)cc2C1C. The molecule has 2 aromatic rings. The number of rotatable bonds is 14. The second-order valence-electron chi connectivity index (χ2n) is 11.6. The molecule has 1 saturated heterocycles.